The maximum absolute atomic E-state index is 13.9. The molecule has 0 N–H and O–H groups in total. The molecule has 0 aliphatic carbocycles. The highest BCUT2D eigenvalue weighted by molar-refractivity contribution is 9.10. The molecule has 2 aromatic carbocycles. The van der Waals surface area contributed by atoms with Gasteiger partial charge in [0.05, 0.1) is 9.85 Å². The van der Waals surface area contributed by atoms with E-state index in [2.05, 4.69) is 31.9 Å². The smallest absolute Gasteiger partial charge is 0.142 e. The molecule has 0 radical (unpaired) electrons. The first-order valence-corrected chi connectivity index (χ1v) is 6.95. The van der Waals surface area contributed by atoms with Crippen molar-refractivity contribution in [2.75, 3.05) is 0 Å². The van der Waals surface area contributed by atoms with Gasteiger partial charge in [-0.15, -0.1) is 11.6 Å². The predicted molar refractivity (Wildman–Crippen MR) is 75.9 cm³/mol. The summed E-state index contributed by atoms with van der Waals surface area (Å²) in [6.07, 6.45) is 0. The van der Waals surface area contributed by atoms with Gasteiger partial charge in [-0.3, -0.25) is 0 Å². The minimum absolute atomic E-state index is 0.310. The lowest BCUT2D eigenvalue weighted by Gasteiger charge is -2.12. The van der Waals surface area contributed by atoms with E-state index in [9.17, 15) is 4.39 Å². The summed E-state index contributed by atoms with van der Waals surface area (Å²) in [7, 11) is 0. The average Bonchev–Trinajstić information content (AvgIpc) is 2.33. The Bertz CT molecular complexity index is 525. The van der Waals surface area contributed by atoms with Crippen LogP contribution in [0.5, 0.6) is 0 Å². The standard InChI is InChI=1S/C13H8Br2ClF/c14-9-6-4-8(5-7-9)12(16)10-2-1-3-11(15)13(10)17/h1-7,12H. The molecule has 0 fully saturated rings. The first kappa shape index (κ1) is 13.1. The first-order valence-electron chi connectivity index (χ1n) is 4.93. The quantitative estimate of drug-likeness (QED) is 0.590. The third-order valence-electron chi connectivity index (χ3n) is 2.42. The number of benzene rings is 2. The highest BCUT2D eigenvalue weighted by Crippen LogP contribution is 2.33. The van der Waals surface area contributed by atoms with E-state index in [4.69, 9.17) is 11.6 Å². The van der Waals surface area contributed by atoms with Crippen molar-refractivity contribution in [1.82, 2.24) is 0 Å². The monoisotopic (exact) mass is 376 g/mol. The zero-order valence-corrected chi connectivity index (χ0v) is 12.6. The Labute approximate surface area is 121 Å². The van der Waals surface area contributed by atoms with E-state index in [-0.39, 0.29) is 5.82 Å². The number of hydrogen-bond donors (Lipinski definition) is 0. The number of hydrogen-bond acceptors (Lipinski definition) is 0. The van der Waals surface area contributed by atoms with Crippen molar-refractivity contribution in [2.45, 2.75) is 5.38 Å². The minimum atomic E-state index is -0.486. The highest BCUT2D eigenvalue weighted by atomic mass is 79.9. The van der Waals surface area contributed by atoms with E-state index in [1.165, 1.54) is 0 Å². The lowest BCUT2D eigenvalue weighted by atomic mass is 10.0. The van der Waals surface area contributed by atoms with Crippen molar-refractivity contribution >= 4 is 43.5 Å². The molecule has 0 bridgehead atoms. The molecule has 17 heavy (non-hydrogen) atoms. The second-order valence-corrected chi connectivity index (χ2v) is 5.76. The number of halogens is 4. The van der Waals surface area contributed by atoms with Crippen molar-refractivity contribution in [3.63, 3.8) is 0 Å². The van der Waals surface area contributed by atoms with E-state index in [1.807, 2.05) is 24.3 Å². The van der Waals surface area contributed by atoms with Crippen LogP contribution in [-0.4, -0.2) is 0 Å². The van der Waals surface area contributed by atoms with Crippen LogP contribution < -0.4 is 0 Å². The fraction of sp³-hybridized carbons (Fsp3) is 0.0769. The van der Waals surface area contributed by atoms with E-state index < -0.39 is 5.38 Å². The average molecular weight is 378 g/mol. The van der Waals surface area contributed by atoms with Gasteiger partial charge in [0.15, 0.2) is 0 Å². The maximum atomic E-state index is 13.9. The number of rotatable bonds is 2. The molecule has 0 saturated heterocycles. The zero-order valence-electron chi connectivity index (χ0n) is 8.63. The molecule has 0 spiro atoms. The zero-order chi connectivity index (χ0) is 12.4. The Hall–Kier alpha value is -0.380. The summed E-state index contributed by atoms with van der Waals surface area (Å²) >= 11 is 12.8. The third kappa shape index (κ3) is 2.90. The Morgan fingerprint density at radius 1 is 1.00 bits per heavy atom. The molecule has 0 aliphatic heterocycles. The van der Waals surface area contributed by atoms with Gasteiger partial charge in [-0.05, 0) is 39.7 Å². The molecule has 0 amide bonds. The lowest BCUT2D eigenvalue weighted by molar-refractivity contribution is 0.605. The van der Waals surface area contributed by atoms with Gasteiger partial charge >= 0.3 is 0 Å². The normalized spacial score (nSPS) is 12.5. The largest absolute Gasteiger partial charge is 0.205 e. The fourth-order valence-electron chi connectivity index (χ4n) is 1.53. The van der Waals surface area contributed by atoms with Crippen molar-refractivity contribution in [1.29, 1.82) is 0 Å². The molecule has 2 aromatic rings. The van der Waals surface area contributed by atoms with Gasteiger partial charge in [0, 0.05) is 10.0 Å². The molecule has 0 saturated carbocycles. The maximum Gasteiger partial charge on any atom is 0.142 e. The summed E-state index contributed by atoms with van der Waals surface area (Å²) in [4.78, 5) is 0. The van der Waals surface area contributed by atoms with Gasteiger partial charge in [0.25, 0.3) is 0 Å². The van der Waals surface area contributed by atoms with Crippen molar-refractivity contribution < 1.29 is 4.39 Å². The summed E-state index contributed by atoms with van der Waals surface area (Å²) < 4.78 is 15.3. The van der Waals surface area contributed by atoms with Gasteiger partial charge in [0.1, 0.15) is 5.82 Å². The van der Waals surface area contributed by atoms with Gasteiger partial charge in [-0.1, -0.05) is 40.2 Å². The molecule has 0 nitrogen and oxygen atoms in total. The Kier molecular flexibility index (Phi) is 4.23. The molecule has 1 atom stereocenters. The molecular formula is C13H8Br2ClF. The summed E-state index contributed by atoms with van der Waals surface area (Å²) in [5, 5.41) is -0.486. The van der Waals surface area contributed by atoms with Crippen LogP contribution >= 0.6 is 43.5 Å². The molecule has 2 rings (SSSR count). The lowest BCUT2D eigenvalue weighted by Crippen LogP contribution is -1.97. The molecular weight excluding hydrogens is 370 g/mol. The topological polar surface area (TPSA) is 0 Å². The predicted octanol–water partition coefficient (Wildman–Crippen LogP) is 5.68. The van der Waals surface area contributed by atoms with E-state index in [1.54, 1.807) is 18.2 Å². The molecule has 88 valence electrons. The second kappa shape index (κ2) is 5.51. The second-order valence-electron chi connectivity index (χ2n) is 3.56. The minimum Gasteiger partial charge on any atom is -0.205 e. The first-order chi connectivity index (χ1) is 8.09. The van der Waals surface area contributed by atoms with Crippen molar-refractivity contribution in [2.24, 2.45) is 0 Å². The van der Waals surface area contributed by atoms with Gasteiger partial charge in [-0.2, -0.15) is 0 Å². The highest BCUT2D eigenvalue weighted by Gasteiger charge is 2.16. The van der Waals surface area contributed by atoms with E-state index in [0.717, 1.165) is 10.0 Å². The van der Waals surface area contributed by atoms with Gasteiger partial charge in [0.2, 0.25) is 0 Å². The van der Waals surface area contributed by atoms with Crippen LogP contribution in [0.1, 0.15) is 16.5 Å². The van der Waals surface area contributed by atoms with E-state index >= 15 is 0 Å². The molecule has 0 heterocycles. The van der Waals surface area contributed by atoms with E-state index in [0.29, 0.717) is 10.0 Å². The Morgan fingerprint density at radius 2 is 1.65 bits per heavy atom. The van der Waals surface area contributed by atoms with Crippen molar-refractivity contribution in [3.05, 3.63) is 68.4 Å². The third-order valence-corrected chi connectivity index (χ3v) is 4.05. The van der Waals surface area contributed by atoms with Gasteiger partial charge in [-0.25, -0.2) is 4.39 Å². The van der Waals surface area contributed by atoms with Crippen LogP contribution in [0.2, 0.25) is 0 Å². The van der Waals surface area contributed by atoms with Crippen LogP contribution in [0.25, 0.3) is 0 Å². The summed E-state index contributed by atoms with van der Waals surface area (Å²) in [5.74, 6) is -0.310. The van der Waals surface area contributed by atoms with Crippen LogP contribution in [0, 0.1) is 5.82 Å². The Balaban J connectivity index is 2.40. The molecule has 0 aromatic heterocycles. The van der Waals surface area contributed by atoms with Crippen LogP contribution in [0.3, 0.4) is 0 Å². The van der Waals surface area contributed by atoms with Crippen LogP contribution in [0.15, 0.2) is 51.4 Å². The van der Waals surface area contributed by atoms with Gasteiger partial charge < -0.3 is 0 Å². The molecule has 0 aliphatic rings. The molecule has 1 unspecified atom stereocenters. The fourth-order valence-corrected chi connectivity index (χ4v) is 2.49. The number of alkyl halides is 1. The SMILES string of the molecule is Fc1c(Br)cccc1C(Cl)c1ccc(Br)cc1. The summed E-state index contributed by atoms with van der Waals surface area (Å²) in [6, 6.07) is 12.7. The van der Waals surface area contributed by atoms with Crippen LogP contribution in [0.4, 0.5) is 4.39 Å². The van der Waals surface area contributed by atoms with Crippen LogP contribution in [-0.2, 0) is 0 Å². The summed E-state index contributed by atoms with van der Waals surface area (Å²) in [6.45, 7) is 0. The Morgan fingerprint density at radius 3 is 2.29 bits per heavy atom. The molecule has 4 heteroatoms. The summed E-state index contributed by atoms with van der Waals surface area (Å²) in [5.41, 5.74) is 1.34. The van der Waals surface area contributed by atoms with Crippen molar-refractivity contribution in [3.8, 4) is 0 Å².